The minimum Gasteiger partial charge on any atom is -0.371 e. The summed E-state index contributed by atoms with van der Waals surface area (Å²) in [4.78, 5) is 13.5. The smallest absolute Gasteiger partial charge is 0.246 e. The lowest BCUT2D eigenvalue weighted by Gasteiger charge is -2.37. The maximum absolute atomic E-state index is 5.50. The van der Waals surface area contributed by atoms with Crippen LogP contribution in [-0.2, 0) is 11.3 Å². The summed E-state index contributed by atoms with van der Waals surface area (Å²) in [6.45, 7) is 10.8. The molecule has 1 aromatic heterocycles. The zero-order valence-electron chi connectivity index (χ0n) is 17.6. The molecular formula is C20H31IN6O2. The molecule has 2 heterocycles. The van der Waals surface area contributed by atoms with Gasteiger partial charge >= 0.3 is 0 Å². The second kappa shape index (κ2) is 11.3. The first-order chi connectivity index (χ1) is 13.6. The average molecular weight is 514 g/mol. The second-order valence-electron chi connectivity index (χ2n) is 6.86. The number of anilines is 1. The molecule has 0 aliphatic carbocycles. The Balaban J connectivity index is 0.00000300. The Morgan fingerprint density at radius 3 is 2.72 bits per heavy atom. The van der Waals surface area contributed by atoms with Crippen molar-refractivity contribution in [2.75, 3.05) is 44.7 Å². The standard InChI is InChI=1S/C20H30N6O2.HI/c1-5-27-16(3)19-23-18(28-24-19)14-22-20(21-4)26-11-9-25(10-12-26)17-8-6-7-15(2)13-17;/h6-8,13,16H,5,9-12,14H2,1-4H3,(H,21,22);1H. The number of piperazine rings is 1. The zero-order chi connectivity index (χ0) is 19.9. The number of aryl methyl sites for hydroxylation is 1. The Kier molecular flexibility index (Phi) is 9.15. The minimum absolute atomic E-state index is 0. The molecule has 1 atom stereocenters. The molecule has 0 spiro atoms. The normalized spacial score (nSPS) is 15.8. The Labute approximate surface area is 189 Å². The van der Waals surface area contributed by atoms with Gasteiger partial charge in [0, 0.05) is 45.5 Å². The van der Waals surface area contributed by atoms with Crippen LogP contribution in [0.4, 0.5) is 5.69 Å². The van der Waals surface area contributed by atoms with Gasteiger partial charge < -0.3 is 24.4 Å². The van der Waals surface area contributed by atoms with Crippen LogP contribution in [0.25, 0.3) is 0 Å². The monoisotopic (exact) mass is 514 g/mol. The lowest BCUT2D eigenvalue weighted by Crippen LogP contribution is -2.52. The number of benzene rings is 1. The highest BCUT2D eigenvalue weighted by molar-refractivity contribution is 14.0. The number of halogens is 1. The number of aliphatic imine (C=N–C) groups is 1. The number of nitrogens with one attached hydrogen (secondary N) is 1. The first-order valence-corrected chi connectivity index (χ1v) is 9.82. The molecule has 1 aliphatic rings. The molecule has 1 fully saturated rings. The molecule has 1 saturated heterocycles. The fourth-order valence-electron chi connectivity index (χ4n) is 3.32. The summed E-state index contributed by atoms with van der Waals surface area (Å²) in [5, 5.41) is 7.31. The highest BCUT2D eigenvalue weighted by Gasteiger charge is 2.21. The van der Waals surface area contributed by atoms with Crippen molar-refractivity contribution in [1.29, 1.82) is 0 Å². The van der Waals surface area contributed by atoms with Crippen LogP contribution >= 0.6 is 24.0 Å². The average Bonchev–Trinajstić information content (AvgIpc) is 3.18. The van der Waals surface area contributed by atoms with Crippen LogP contribution in [0.2, 0.25) is 0 Å². The fraction of sp³-hybridized carbons (Fsp3) is 0.550. The molecule has 2 aromatic rings. The largest absolute Gasteiger partial charge is 0.371 e. The Morgan fingerprint density at radius 2 is 2.07 bits per heavy atom. The van der Waals surface area contributed by atoms with Crippen molar-refractivity contribution >= 4 is 35.6 Å². The lowest BCUT2D eigenvalue weighted by atomic mass is 10.2. The molecule has 1 aromatic carbocycles. The van der Waals surface area contributed by atoms with Crippen LogP contribution in [0.5, 0.6) is 0 Å². The van der Waals surface area contributed by atoms with Gasteiger partial charge in [0.15, 0.2) is 11.8 Å². The van der Waals surface area contributed by atoms with Crippen LogP contribution in [-0.4, -0.2) is 60.8 Å². The summed E-state index contributed by atoms with van der Waals surface area (Å²) >= 11 is 0. The van der Waals surface area contributed by atoms with E-state index in [0.29, 0.717) is 24.9 Å². The molecule has 1 aliphatic heterocycles. The van der Waals surface area contributed by atoms with Crippen LogP contribution in [0.1, 0.15) is 37.2 Å². The number of hydrogen-bond acceptors (Lipinski definition) is 6. The number of nitrogens with zero attached hydrogens (tertiary/aromatic N) is 5. The Hall–Kier alpha value is -1.88. The molecular weight excluding hydrogens is 483 g/mol. The number of rotatable bonds is 6. The van der Waals surface area contributed by atoms with Crippen molar-refractivity contribution < 1.29 is 9.26 Å². The maximum atomic E-state index is 5.50. The first kappa shape index (κ1) is 23.4. The van der Waals surface area contributed by atoms with E-state index in [0.717, 1.165) is 32.1 Å². The number of aromatic nitrogens is 2. The van der Waals surface area contributed by atoms with E-state index in [1.165, 1.54) is 11.3 Å². The summed E-state index contributed by atoms with van der Waals surface area (Å²) in [5.74, 6) is 1.95. The van der Waals surface area contributed by atoms with Gasteiger partial charge in [-0.2, -0.15) is 4.98 Å². The quantitative estimate of drug-likeness (QED) is 0.361. The molecule has 160 valence electrons. The van der Waals surface area contributed by atoms with E-state index in [1.54, 1.807) is 7.05 Å². The molecule has 0 bridgehead atoms. The van der Waals surface area contributed by atoms with Crippen molar-refractivity contribution in [2.45, 2.75) is 33.4 Å². The van der Waals surface area contributed by atoms with E-state index in [-0.39, 0.29) is 30.1 Å². The topological polar surface area (TPSA) is 79.0 Å². The molecule has 29 heavy (non-hydrogen) atoms. The van der Waals surface area contributed by atoms with Crippen LogP contribution in [0.15, 0.2) is 33.8 Å². The van der Waals surface area contributed by atoms with Gasteiger partial charge in [-0.25, -0.2) is 0 Å². The number of hydrogen-bond donors (Lipinski definition) is 1. The van der Waals surface area contributed by atoms with E-state index in [2.05, 4.69) is 61.4 Å². The number of guanidine groups is 1. The lowest BCUT2D eigenvalue weighted by molar-refractivity contribution is 0.0683. The third kappa shape index (κ3) is 6.30. The summed E-state index contributed by atoms with van der Waals surface area (Å²) < 4.78 is 10.8. The van der Waals surface area contributed by atoms with Gasteiger partial charge in [-0.05, 0) is 38.5 Å². The predicted molar refractivity (Wildman–Crippen MR) is 125 cm³/mol. The molecule has 0 amide bonds. The van der Waals surface area contributed by atoms with E-state index < -0.39 is 0 Å². The van der Waals surface area contributed by atoms with Crippen molar-refractivity contribution in [2.24, 2.45) is 4.99 Å². The Morgan fingerprint density at radius 1 is 1.31 bits per heavy atom. The molecule has 9 heteroatoms. The Bertz CT molecular complexity index is 789. The fourth-order valence-corrected chi connectivity index (χ4v) is 3.32. The summed E-state index contributed by atoms with van der Waals surface area (Å²) in [6.07, 6.45) is -0.170. The molecule has 0 radical (unpaired) electrons. The van der Waals surface area contributed by atoms with Gasteiger partial charge in [0.2, 0.25) is 5.89 Å². The third-order valence-electron chi connectivity index (χ3n) is 4.82. The molecule has 8 nitrogen and oxygen atoms in total. The van der Waals surface area contributed by atoms with Crippen molar-refractivity contribution in [3.8, 4) is 0 Å². The van der Waals surface area contributed by atoms with E-state index in [9.17, 15) is 0 Å². The van der Waals surface area contributed by atoms with Crippen molar-refractivity contribution in [1.82, 2.24) is 20.4 Å². The summed E-state index contributed by atoms with van der Waals surface area (Å²) in [5.41, 5.74) is 2.57. The van der Waals surface area contributed by atoms with Gasteiger partial charge in [0.05, 0.1) is 6.54 Å². The molecule has 1 unspecified atom stereocenters. The van der Waals surface area contributed by atoms with Crippen LogP contribution in [0, 0.1) is 6.92 Å². The maximum Gasteiger partial charge on any atom is 0.246 e. The predicted octanol–water partition coefficient (Wildman–Crippen LogP) is 2.99. The van der Waals surface area contributed by atoms with E-state index >= 15 is 0 Å². The van der Waals surface area contributed by atoms with Gasteiger partial charge in [0.25, 0.3) is 0 Å². The SMILES string of the molecule is CCOC(C)c1noc(CNC(=NC)N2CCN(c3cccc(C)c3)CC2)n1.I. The first-order valence-electron chi connectivity index (χ1n) is 9.82. The van der Waals surface area contributed by atoms with Crippen molar-refractivity contribution in [3.63, 3.8) is 0 Å². The van der Waals surface area contributed by atoms with Crippen LogP contribution < -0.4 is 10.2 Å². The molecule has 0 saturated carbocycles. The molecule has 3 rings (SSSR count). The van der Waals surface area contributed by atoms with E-state index in [1.807, 2.05) is 13.8 Å². The zero-order valence-corrected chi connectivity index (χ0v) is 19.9. The number of ether oxygens (including phenoxy) is 1. The highest BCUT2D eigenvalue weighted by atomic mass is 127. The van der Waals surface area contributed by atoms with Crippen molar-refractivity contribution in [3.05, 3.63) is 41.5 Å². The second-order valence-corrected chi connectivity index (χ2v) is 6.86. The van der Waals surface area contributed by atoms with Gasteiger partial charge in [-0.3, -0.25) is 4.99 Å². The van der Waals surface area contributed by atoms with Gasteiger partial charge in [-0.15, -0.1) is 24.0 Å². The minimum atomic E-state index is -0.170. The van der Waals surface area contributed by atoms with Gasteiger partial charge in [-0.1, -0.05) is 17.3 Å². The summed E-state index contributed by atoms with van der Waals surface area (Å²) in [6, 6.07) is 8.65. The molecule has 1 N–H and O–H groups in total. The van der Waals surface area contributed by atoms with Gasteiger partial charge in [0.1, 0.15) is 6.10 Å². The van der Waals surface area contributed by atoms with E-state index in [4.69, 9.17) is 9.26 Å². The summed E-state index contributed by atoms with van der Waals surface area (Å²) in [7, 11) is 1.80. The third-order valence-corrected chi connectivity index (χ3v) is 4.82. The van der Waals surface area contributed by atoms with Crippen LogP contribution in [0.3, 0.4) is 0 Å². The highest BCUT2D eigenvalue weighted by Crippen LogP contribution is 2.18.